The first kappa shape index (κ1) is 25.3. The number of carbonyl (C=O) groups is 1. The standard InChI is InChI=1S/C31H29N3O3/c1-36-29-20-26(14-17-28(29)37-22-25-10-6-3-7-11-25)30(34-27-15-12-24(21-32)13-16-27)31(35)33-19-18-23-8-4-2-5-9-23/h2-17,20,30,34H,18-19,22H2,1H3,(H,33,35). The Kier molecular flexibility index (Phi) is 8.77. The predicted molar refractivity (Wildman–Crippen MR) is 144 cm³/mol. The molecule has 2 N–H and O–H groups in total. The zero-order valence-corrected chi connectivity index (χ0v) is 20.7. The summed E-state index contributed by atoms with van der Waals surface area (Å²) < 4.78 is 11.6. The molecule has 6 heteroatoms. The van der Waals surface area contributed by atoms with Gasteiger partial charge in [0.05, 0.1) is 18.7 Å². The highest BCUT2D eigenvalue weighted by atomic mass is 16.5. The summed E-state index contributed by atoms with van der Waals surface area (Å²) in [5.41, 5.74) is 4.21. The van der Waals surface area contributed by atoms with Crippen LogP contribution in [0.15, 0.2) is 103 Å². The van der Waals surface area contributed by atoms with Gasteiger partial charge in [0.15, 0.2) is 11.5 Å². The lowest BCUT2D eigenvalue weighted by Gasteiger charge is -2.21. The van der Waals surface area contributed by atoms with Crippen molar-refractivity contribution in [3.8, 4) is 17.6 Å². The minimum Gasteiger partial charge on any atom is -0.493 e. The van der Waals surface area contributed by atoms with Crippen molar-refractivity contribution in [2.24, 2.45) is 0 Å². The highest BCUT2D eigenvalue weighted by Crippen LogP contribution is 2.32. The molecule has 0 heterocycles. The van der Waals surface area contributed by atoms with E-state index in [1.165, 1.54) is 0 Å². The van der Waals surface area contributed by atoms with Crippen LogP contribution in [0.1, 0.15) is 28.3 Å². The van der Waals surface area contributed by atoms with E-state index in [-0.39, 0.29) is 5.91 Å². The number of hydrogen-bond donors (Lipinski definition) is 2. The van der Waals surface area contributed by atoms with Crippen LogP contribution in [-0.2, 0) is 17.8 Å². The van der Waals surface area contributed by atoms with Gasteiger partial charge in [-0.3, -0.25) is 4.79 Å². The molecule has 0 spiro atoms. The monoisotopic (exact) mass is 491 g/mol. The van der Waals surface area contributed by atoms with Crippen LogP contribution in [0.5, 0.6) is 11.5 Å². The van der Waals surface area contributed by atoms with Gasteiger partial charge in [-0.25, -0.2) is 0 Å². The van der Waals surface area contributed by atoms with E-state index in [9.17, 15) is 4.79 Å². The Morgan fingerprint density at radius 3 is 2.19 bits per heavy atom. The van der Waals surface area contributed by atoms with E-state index in [0.717, 1.165) is 28.8 Å². The number of rotatable bonds is 11. The van der Waals surface area contributed by atoms with Crippen LogP contribution in [0, 0.1) is 11.3 Å². The lowest BCUT2D eigenvalue weighted by molar-refractivity contribution is -0.121. The second-order valence-corrected chi connectivity index (χ2v) is 8.48. The van der Waals surface area contributed by atoms with Crippen LogP contribution in [0.25, 0.3) is 0 Å². The Morgan fingerprint density at radius 1 is 0.865 bits per heavy atom. The van der Waals surface area contributed by atoms with Gasteiger partial charge < -0.3 is 20.1 Å². The van der Waals surface area contributed by atoms with Crippen molar-refractivity contribution >= 4 is 11.6 Å². The maximum Gasteiger partial charge on any atom is 0.247 e. The van der Waals surface area contributed by atoms with Crippen molar-refractivity contribution in [2.75, 3.05) is 19.0 Å². The predicted octanol–water partition coefficient (Wildman–Crippen LogP) is 5.66. The average Bonchev–Trinajstić information content (AvgIpc) is 2.96. The van der Waals surface area contributed by atoms with Gasteiger partial charge in [0.25, 0.3) is 0 Å². The topological polar surface area (TPSA) is 83.4 Å². The zero-order chi connectivity index (χ0) is 25.9. The Bertz CT molecular complexity index is 1330. The molecule has 4 rings (SSSR count). The molecule has 6 nitrogen and oxygen atoms in total. The van der Waals surface area contributed by atoms with Gasteiger partial charge in [-0.2, -0.15) is 5.26 Å². The molecule has 0 aliphatic heterocycles. The van der Waals surface area contributed by atoms with E-state index in [1.807, 2.05) is 78.9 Å². The summed E-state index contributed by atoms with van der Waals surface area (Å²) in [5, 5.41) is 15.5. The maximum atomic E-state index is 13.4. The lowest BCUT2D eigenvalue weighted by atomic mass is 10.0. The van der Waals surface area contributed by atoms with Crippen molar-refractivity contribution in [3.63, 3.8) is 0 Å². The first-order chi connectivity index (χ1) is 18.2. The van der Waals surface area contributed by atoms with Crippen LogP contribution < -0.4 is 20.1 Å². The van der Waals surface area contributed by atoms with E-state index in [4.69, 9.17) is 14.7 Å². The molecule has 1 amide bonds. The Morgan fingerprint density at radius 2 is 1.54 bits per heavy atom. The molecule has 0 fully saturated rings. The highest BCUT2D eigenvalue weighted by molar-refractivity contribution is 5.86. The van der Waals surface area contributed by atoms with Crippen molar-refractivity contribution < 1.29 is 14.3 Å². The van der Waals surface area contributed by atoms with E-state index < -0.39 is 6.04 Å². The largest absolute Gasteiger partial charge is 0.493 e. The Labute approximate surface area is 217 Å². The molecule has 186 valence electrons. The van der Waals surface area contributed by atoms with Crippen molar-refractivity contribution in [1.82, 2.24) is 5.32 Å². The normalized spacial score (nSPS) is 11.1. The maximum absolute atomic E-state index is 13.4. The molecule has 0 aliphatic carbocycles. The summed E-state index contributed by atoms with van der Waals surface area (Å²) in [6.07, 6.45) is 0.728. The minimum absolute atomic E-state index is 0.166. The first-order valence-electron chi connectivity index (χ1n) is 12.1. The fourth-order valence-electron chi connectivity index (χ4n) is 3.90. The molecule has 4 aromatic rings. The zero-order valence-electron chi connectivity index (χ0n) is 20.7. The summed E-state index contributed by atoms with van der Waals surface area (Å²) in [5.74, 6) is 0.967. The summed E-state index contributed by atoms with van der Waals surface area (Å²) in [4.78, 5) is 13.4. The van der Waals surface area contributed by atoms with E-state index in [0.29, 0.717) is 30.2 Å². The number of nitriles is 1. The van der Waals surface area contributed by atoms with Gasteiger partial charge in [-0.15, -0.1) is 0 Å². The van der Waals surface area contributed by atoms with Crippen LogP contribution in [0.3, 0.4) is 0 Å². The fraction of sp³-hybridized carbons (Fsp3) is 0.161. The van der Waals surface area contributed by atoms with Crippen LogP contribution in [0.2, 0.25) is 0 Å². The number of nitrogens with zero attached hydrogens (tertiary/aromatic N) is 1. The second-order valence-electron chi connectivity index (χ2n) is 8.48. The molecule has 1 atom stereocenters. The van der Waals surface area contributed by atoms with E-state index in [2.05, 4.69) is 16.7 Å². The number of anilines is 1. The summed E-state index contributed by atoms with van der Waals surface area (Å²) in [7, 11) is 1.58. The van der Waals surface area contributed by atoms with Gasteiger partial charge in [-0.1, -0.05) is 66.7 Å². The molecule has 0 saturated heterocycles. The number of ether oxygens (including phenoxy) is 2. The number of hydrogen-bond acceptors (Lipinski definition) is 5. The quantitative estimate of drug-likeness (QED) is 0.283. The third kappa shape index (κ3) is 7.12. The van der Waals surface area contributed by atoms with Crippen LogP contribution in [0.4, 0.5) is 5.69 Å². The summed E-state index contributed by atoms with van der Waals surface area (Å²) in [6.45, 7) is 0.910. The molecular formula is C31H29N3O3. The van der Waals surface area contributed by atoms with Gasteiger partial charge in [0.1, 0.15) is 12.6 Å². The summed E-state index contributed by atoms with van der Waals surface area (Å²) >= 11 is 0. The number of benzene rings is 4. The van der Waals surface area contributed by atoms with Crippen molar-refractivity contribution in [2.45, 2.75) is 19.1 Å². The molecule has 0 aromatic heterocycles. The molecule has 4 aromatic carbocycles. The number of amides is 1. The van der Waals surface area contributed by atoms with Gasteiger partial charge in [-0.05, 0) is 59.5 Å². The molecule has 1 unspecified atom stereocenters. The molecule has 37 heavy (non-hydrogen) atoms. The van der Waals surface area contributed by atoms with E-state index in [1.54, 1.807) is 31.4 Å². The third-order valence-electron chi connectivity index (χ3n) is 5.90. The summed E-state index contributed by atoms with van der Waals surface area (Å²) in [6, 6.07) is 33.9. The second kappa shape index (κ2) is 12.8. The first-order valence-corrected chi connectivity index (χ1v) is 12.1. The minimum atomic E-state index is -0.680. The van der Waals surface area contributed by atoms with Gasteiger partial charge in [0.2, 0.25) is 5.91 Å². The molecule has 0 radical (unpaired) electrons. The smallest absolute Gasteiger partial charge is 0.247 e. The van der Waals surface area contributed by atoms with Gasteiger partial charge in [0, 0.05) is 12.2 Å². The van der Waals surface area contributed by atoms with Crippen LogP contribution in [-0.4, -0.2) is 19.6 Å². The fourth-order valence-corrected chi connectivity index (χ4v) is 3.90. The SMILES string of the molecule is COc1cc(C(Nc2ccc(C#N)cc2)C(=O)NCCc2ccccc2)ccc1OCc1ccccc1. The highest BCUT2D eigenvalue weighted by Gasteiger charge is 2.22. The van der Waals surface area contributed by atoms with E-state index >= 15 is 0 Å². The number of carbonyl (C=O) groups excluding carboxylic acids is 1. The molecule has 0 bridgehead atoms. The molecule has 0 aliphatic rings. The molecular weight excluding hydrogens is 462 g/mol. The molecule has 0 saturated carbocycles. The third-order valence-corrected chi connectivity index (χ3v) is 5.90. The lowest BCUT2D eigenvalue weighted by Crippen LogP contribution is -2.34. The Hall–Kier alpha value is -4.76. The number of methoxy groups -OCH3 is 1. The van der Waals surface area contributed by atoms with Crippen molar-refractivity contribution in [1.29, 1.82) is 5.26 Å². The Balaban J connectivity index is 1.52. The average molecular weight is 492 g/mol. The van der Waals surface area contributed by atoms with Crippen molar-refractivity contribution in [3.05, 3.63) is 125 Å². The number of nitrogens with one attached hydrogen (secondary N) is 2. The van der Waals surface area contributed by atoms with Crippen LogP contribution >= 0.6 is 0 Å². The van der Waals surface area contributed by atoms with Gasteiger partial charge >= 0.3 is 0 Å².